The molecule has 2 rings (SSSR count). The molecule has 2 aliphatic rings. The maximum atomic E-state index is 6.07. The normalized spacial score (nSPS) is 31.8. The van der Waals surface area contributed by atoms with E-state index >= 15 is 0 Å². The van der Waals surface area contributed by atoms with Crippen molar-refractivity contribution in [2.45, 2.75) is 40.8 Å². The van der Waals surface area contributed by atoms with Gasteiger partial charge >= 0.3 is 0 Å². The van der Waals surface area contributed by atoms with Gasteiger partial charge in [0.1, 0.15) is 0 Å². The Labute approximate surface area is 256 Å². The van der Waals surface area contributed by atoms with Gasteiger partial charge in [0.05, 0.1) is 31.5 Å². The van der Waals surface area contributed by atoms with Gasteiger partial charge < -0.3 is 4.74 Å². The first-order valence-corrected chi connectivity index (χ1v) is 16.8. The Morgan fingerprint density at radius 3 is 1.38 bits per heavy atom. The fraction of sp³-hybridized carbons (Fsp3) is 0.556. The Hall–Kier alpha value is 3.72. The number of alkyl halides is 6. The second-order valence-corrected chi connectivity index (χ2v) is 18.0. The van der Waals surface area contributed by atoms with Gasteiger partial charge in [0.25, 0.3) is 0 Å². The van der Waals surface area contributed by atoms with Crippen molar-refractivity contribution in [1.29, 1.82) is 0 Å². The molecule has 0 fully saturated rings. The lowest BCUT2D eigenvalue weighted by Gasteiger charge is -2.36. The predicted molar refractivity (Wildman–Crippen MR) is 162 cm³/mol. The summed E-state index contributed by atoms with van der Waals surface area (Å²) in [5.41, 5.74) is 0. The number of ether oxygens (including phenoxy) is 1. The van der Waals surface area contributed by atoms with Gasteiger partial charge in [-0.3, -0.25) is 0 Å². The predicted octanol–water partition coefficient (Wildman–Crippen LogP) is 10.2. The van der Waals surface area contributed by atoms with E-state index in [-0.39, 0.29) is 28.0 Å². The van der Waals surface area contributed by atoms with Crippen molar-refractivity contribution in [2.24, 2.45) is 0 Å². The summed E-state index contributed by atoms with van der Waals surface area (Å²) in [7, 11) is 0. The standard InChI is InChI=1S/C18H16Br10O/c19-9-1-10(20)4-17(27,3-9)15(25)13(23)7-29-8-14(24)16(26)18(28)5-11(21)2-12(22)6-18/h1-3,5,13-16H,4,6-8H2. The molecular formula is C18H16Br10O. The number of allylic oxidation sites excluding steroid dienone is 8. The molecule has 0 heterocycles. The minimum atomic E-state index is -0.208. The summed E-state index contributed by atoms with van der Waals surface area (Å²) in [6.45, 7) is 1.16. The molecule has 0 radical (unpaired) electrons. The van der Waals surface area contributed by atoms with Crippen LogP contribution in [-0.2, 0) is 4.74 Å². The first-order chi connectivity index (χ1) is 13.4. The van der Waals surface area contributed by atoms with Crippen molar-refractivity contribution in [1.82, 2.24) is 0 Å². The van der Waals surface area contributed by atoms with Crippen molar-refractivity contribution < 1.29 is 4.74 Å². The molecule has 29 heavy (non-hydrogen) atoms. The number of halogens is 10. The van der Waals surface area contributed by atoms with E-state index in [1.54, 1.807) is 0 Å². The smallest absolute Gasteiger partial charge is 0.0632 e. The van der Waals surface area contributed by atoms with Crippen LogP contribution in [0.25, 0.3) is 0 Å². The van der Waals surface area contributed by atoms with E-state index in [9.17, 15) is 0 Å². The molecule has 0 saturated carbocycles. The lowest BCUT2D eigenvalue weighted by atomic mass is 9.95. The van der Waals surface area contributed by atoms with Crippen LogP contribution in [0.2, 0.25) is 0 Å². The SMILES string of the molecule is BrC1=CC(Br)(C(Br)C(Br)COCC(Br)C(Br)C2(Br)C=C(Br)C=C(Br)C2)CC(Br)=C1. The van der Waals surface area contributed by atoms with Crippen LogP contribution in [0.1, 0.15) is 12.8 Å². The van der Waals surface area contributed by atoms with E-state index in [4.69, 9.17) is 4.74 Å². The molecule has 6 atom stereocenters. The summed E-state index contributed by atoms with van der Waals surface area (Å²) in [4.78, 5) is 0.532. The van der Waals surface area contributed by atoms with Gasteiger partial charge in [-0.05, 0) is 34.0 Å². The number of hydrogen-bond acceptors (Lipinski definition) is 1. The van der Waals surface area contributed by atoms with Crippen LogP contribution in [0.4, 0.5) is 0 Å². The van der Waals surface area contributed by atoms with Crippen molar-refractivity contribution in [3.05, 3.63) is 42.2 Å². The van der Waals surface area contributed by atoms with Gasteiger partial charge in [-0.1, -0.05) is 171 Å². The highest BCUT2D eigenvalue weighted by atomic mass is 79.9. The lowest BCUT2D eigenvalue weighted by Crippen LogP contribution is -2.41. The van der Waals surface area contributed by atoms with Crippen molar-refractivity contribution in [3.63, 3.8) is 0 Å². The number of hydrogen-bond donors (Lipinski definition) is 0. The van der Waals surface area contributed by atoms with Gasteiger partial charge in [-0.15, -0.1) is 0 Å². The fourth-order valence-electron chi connectivity index (χ4n) is 2.98. The van der Waals surface area contributed by atoms with Crippen molar-refractivity contribution in [3.8, 4) is 0 Å². The molecule has 0 spiro atoms. The summed E-state index contributed by atoms with van der Waals surface area (Å²) in [5.74, 6) is 0. The summed E-state index contributed by atoms with van der Waals surface area (Å²) in [6, 6.07) is 0. The third kappa shape index (κ3) is 8.41. The van der Waals surface area contributed by atoms with Gasteiger partial charge in [-0.2, -0.15) is 0 Å². The molecule has 0 amide bonds. The van der Waals surface area contributed by atoms with Crippen LogP contribution in [0.5, 0.6) is 0 Å². The second-order valence-electron chi connectivity index (χ2n) is 6.82. The van der Waals surface area contributed by atoms with Gasteiger partial charge in [0.15, 0.2) is 0 Å². The Kier molecular flexibility index (Phi) is 12.6. The summed E-state index contributed by atoms with van der Waals surface area (Å²) in [6.07, 6.45) is 10.2. The third-order valence-electron chi connectivity index (χ3n) is 4.33. The molecule has 0 aliphatic heterocycles. The quantitative estimate of drug-likeness (QED) is 0.220. The van der Waals surface area contributed by atoms with E-state index in [1.165, 1.54) is 0 Å². The van der Waals surface area contributed by atoms with Gasteiger partial charge in [-0.25, -0.2) is 0 Å². The maximum absolute atomic E-state index is 6.07. The summed E-state index contributed by atoms with van der Waals surface area (Å²) >= 11 is 37.5. The molecule has 164 valence electrons. The lowest BCUT2D eigenvalue weighted by molar-refractivity contribution is 0.136. The van der Waals surface area contributed by atoms with E-state index in [1.807, 2.05) is 0 Å². The molecule has 0 saturated heterocycles. The zero-order valence-corrected chi connectivity index (χ0v) is 30.5. The number of rotatable bonds is 8. The average molecular weight is 1050 g/mol. The van der Waals surface area contributed by atoms with Crippen LogP contribution in [0.15, 0.2) is 42.2 Å². The van der Waals surface area contributed by atoms with E-state index in [2.05, 4.69) is 184 Å². The van der Waals surface area contributed by atoms with Crippen LogP contribution < -0.4 is 0 Å². The average Bonchev–Trinajstić information content (AvgIpc) is 2.57. The van der Waals surface area contributed by atoms with Crippen molar-refractivity contribution >= 4 is 159 Å². The first-order valence-electron chi connectivity index (χ1n) is 8.37. The fourth-order valence-corrected chi connectivity index (χ4v) is 12.4. The Morgan fingerprint density at radius 2 is 1.07 bits per heavy atom. The van der Waals surface area contributed by atoms with Gasteiger partial charge in [0, 0.05) is 18.6 Å². The largest absolute Gasteiger partial charge is 0.379 e. The minimum Gasteiger partial charge on any atom is -0.379 e. The van der Waals surface area contributed by atoms with E-state index in [0.717, 1.165) is 30.8 Å². The monoisotopic (exact) mass is 1040 g/mol. The van der Waals surface area contributed by atoms with E-state index in [0.29, 0.717) is 13.2 Å². The summed E-state index contributed by atoms with van der Waals surface area (Å²) < 4.78 is 10.0. The maximum Gasteiger partial charge on any atom is 0.0632 e. The topological polar surface area (TPSA) is 9.23 Å². The molecule has 0 aromatic heterocycles. The molecule has 2 aliphatic carbocycles. The zero-order chi connectivity index (χ0) is 22.0. The van der Waals surface area contributed by atoms with Gasteiger partial charge in [0.2, 0.25) is 0 Å². The Morgan fingerprint density at radius 1 is 0.724 bits per heavy atom. The Balaban J connectivity index is 1.89. The highest BCUT2D eigenvalue weighted by Gasteiger charge is 2.41. The van der Waals surface area contributed by atoms with Crippen LogP contribution in [-0.4, -0.2) is 41.2 Å². The highest BCUT2D eigenvalue weighted by molar-refractivity contribution is 9.15. The highest BCUT2D eigenvalue weighted by Crippen LogP contribution is 2.46. The zero-order valence-electron chi connectivity index (χ0n) is 14.6. The molecule has 11 heteroatoms. The van der Waals surface area contributed by atoms with E-state index < -0.39 is 0 Å². The van der Waals surface area contributed by atoms with Crippen LogP contribution in [0, 0.1) is 0 Å². The molecule has 0 N–H and O–H groups in total. The van der Waals surface area contributed by atoms with Crippen LogP contribution >= 0.6 is 159 Å². The molecular weight excluding hydrogens is 1030 g/mol. The first kappa shape index (κ1) is 29.0. The molecule has 0 aromatic rings. The minimum absolute atomic E-state index is 0.129. The third-order valence-corrected chi connectivity index (χ3v) is 15.4. The Bertz CT molecular complexity index is 672. The molecule has 1 nitrogen and oxygen atoms in total. The second kappa shape index (κ2) is 12.6. The van der Waals surface area contributed by atoms with Crippen molar-refractivity contribution in [2.75, 3.05) is 13.2 Å². The molecule has 6 unspecified atom stereocenters. The molecule has 0 aromatic carbocycles. The van der Waals surface area contributed by atoms with Crippen LogP contribution in [0.3, 0.4) is 0 Å². The summed E-state index contributed by atoms with van der Waals surface area (Å²) in [5, 5.41) is 0. The molecule has 0 bridgehead atoms.